The maximum Gasteiger partial charge on any atom is 0.321 e. The van der Waals surface area contributed by atoms with E-state index in [9.17, 15) is 9.59 Å². The van der Waals surface area contributed by atoms with Crippen LogP contribution in [0.15, 0.2) is 59.8 Å². The van der Waals surface area contributed by atoms with Gasteiger partial charge in [-0.05, 0) is 37.0 Å². The van der Waals surface area contributed by atoms with E-state index in [0.717, 1.165) is 24.8 Å². The molecule has 0 saturated heterocycles. The minimum atomic E-state index is -0.446. The number of methoxy groups -OCH3 is 1. The highest BCUT2D eigenvalue weighted by atomic mass is 32.2. The summed E-state index contributed by atoms with van der Waals surface area (Å²) in [5, 5.41) is 14.4. The summed E-state index contributed by atoms with van der Waals surface area (Å²) in [6.07, 6.45) is 2.71. The van der Waals surface area contributed by atoms with Crippen molar-refractivity contribution in [2.75, 3.05) is 12.9 Å². The lowest BCUT2D eigenvalue weighted by molar-refractivity contribution is -0.117. The zero-order chi connectivity index (χ0) is 22.3. The van der Waals surface area contributed by atoms with E-state index in [-0.39, 0.29) is 17.7 Å². The van der Waals surface area contributed by atoms with E-state index in [1.165, 1.54) is 17.3 Å². The number of rotatable bonds is 9. The first-order chi connectivity index (χ1) is 15.6. The second-order valence-electron chi connectivity index (χ2n) is 7.48. The summed E-state index contributed by atoms with van der Waals surface area (Å²) >= 11 is 1.25. The van der Waals surface area contributed by atoms with Gasteiger partial charge in [0.1, 0.15) is 5.75 Å². The Bertz CT molecular complexity index is 1080. The number of imide groups is 1. The number of aryl methyl sites for hydroxylation is 1. The van der Waals surface area contributed by atoms with Crippen LogP contribution in [0.2, 0.25) is 0 Å². The van der Waals surface area contributed by atoms with Crippen LogP contribution in [0.25, 0.3) is 11.4 Å². The molecule has 1 aliphatic carbocycles. The molecule has 166 valence electrons. The number of hydrogen-bond donors (Lipinski definition) is 2. The van der Waals surface area contributed by atoms with Crippen LogP contribution < -0.4 is 15.4 Å². The molecule has 4 rings (SSSR count). The fraction of sp³-hybridized carbons (Fsp3) is 0.304. The standard InChI is InChI=1S/C23H25N5O3S/c1-31-19-10-6-5-9-18(19)21-26-27-23(28(21)14-13-16-7-3-2-4-8-16)32-15-20(29)25-22(30)24-17-11-12-17/h2-10,17H,11-15H2,1H3,(H2,24,25,29,30). The second kappa shape index (κ2) is 10.3. The Morgan fingerprint density at radius 2 is 1.84 bits per heavy atom. The van der Waals surface area contributed by atoms with Gasteiger partial charge in [-0.2, -0.15) is 0 Å². The lowest BCUT2D eigenvalue weighted by atomic mass is 10.1. The van der Waals surface area contributed by atoms with Crippen molar-refractivity contribution in [3.05, 3.63) is 60.2 Å². The van der Waals surface area contributed by atoms with Crippen molar-refractivity contribution in [1.82, 2.24) is 25.4 Å². The molecule has 2 aromatic carbocycles. The molecule has 32 heavy (non-hydrogen) atoms. The molecule has 0 atom stereocenters. The molecule has 0 spiro atoms. The number of aromatic nitrogens is 3. The Kier molecular flexibility index (Phi) is 7.06. The van der Waals surface area contributed by atoms with E-state index in [1.807, 2.05) is 47.0 Å². The van der Waals surface area contributed by atoms with Gasteiger partial charge in [0.25, 0.3) is 0 Å². The average Bonchev–Trinajstić information content (AvgIpc) is 3.53. The van der Waals surface area contributed by atoms with E-state index in [0.29, 0.717) is 23.3 Å². The smallest absolute Gasteiger partial charge is 0.321 e. The second-order valence-corrected chi connectivity index (χ2v) is 8.42. The predicted octanol–water partition coefficient (Wildman–Crippen LogP) is 3.28. The number of nitrogens with one attached hydrogen (secondary N) is 2. The van der Waals surface area contributed by atoms with Crippen LogP contribution >= 0.6 is 11.8 Å². The molecule has 1 heterocycles. The zero-order valence-corrected chi connectivity index (χ0v) is 18.6. The molecule has 0 aliphatic heterocycles. The molecule has 0 bridgehead atoms. The molecule has 1 aliphatic rings. The molecular formula is C23H25N5O3S. The number of para-hydroxylation sites is 1. The normalized spacial score (nSPS) is 12.9. The van der Waals surface area contributed by atoms with Gasteiger partial charge in [-0.1, -0.05) is 54.2 Å². The van der Waals surface area contributed by atoms with Crippen LogP contribution in [0.1, 0.15) is 18.4 Å². The number of thioether (sulfide) groups is 1. The zero-order valence-electron chi connectivity index (χ0n) is 17.8. The largest absolute Gasteiger partial charge is 0.496 e. The summed E-state index contributed by atoms with van der Waals surface area (Å²) in [5.41, 5.74) is 2.02. The maximum absolute atomic E-state index is 12.2. The summed E-state index contributed by atoms with van der Waals surface area (Å²) in [6.45, 7) is 0.635. The van der Waals surface area contributed by atoms with Gasteiger partial charge >= 0.3 is 6.03 Å². The summed E-state index contributed by atoms with van der Waals surface area (Å²) in [6, 6.07) is 17.5. The highest BCUT2D eigenvalue weighted by Crippen LogP contribution is 2.31. The van der Waals surface area contributed by atoms with Crippen LogP contribution in [-0.4, -0.2) is 45.6 Å². The number of carbonyl (C=O) groups excluding carboxylic acids is 2. The predicted molar refractivity (Wildman–Crippen MR) is 123 cm³/mol. The van der Waals surface area contributed by atoms with E-state index in [1.54, 1.807) is 7.11 Å². The number of benzene rings is 2. The van der Waals surface area contributed by atoms with Gasteiger partial charge < -0.3 is 14.6 Å². The van der Waals surface area contributed by atoms with Crippen molar-refractivity contribution >= 4 is 23.7 Å². The fourth-order valence-corrected chi connectivity index (χ4v) is 4.02. The Balaban J connectivity index is 1.50. The van der Waals surface area contributed by atoms with Crippen molar-refractivity contribution in [3.63, 3.8) is 0 Å². The van der Waals surface area contributed by atoms with Gasteiger partial charge in [-0.3, -0.25) is 10.1 Å². The summed E-state index contributed by atoms with van der Waals surface area (Å²) in [5.74, 6) is 1.07. The Morgan fingerprint density at radius 1 is 1.09 bits per heavy atom. The van der Waals surface area contributed by atoms with Crippen molar-refractivity contribution in [3.8, 4) is 17.1 Å². The molecule has 0 unspecified atom stereocenters. The van der Waals surface area contributed by atoms with Gasteiger partial charge in [0.15, 0.2) is 11.0 Å². The molecule has 3 aromatic rings. The summed E-state index contributed by atoms with van der Waals surface area (Å²) < 4.78 is 7.50. The Labute approximate surface area is 190 Å². The minimum Gasteiger partial charge on any atom is -0.496 e. The van der Waals surface area contributed by atoms with Crippen LogP contribution in [0.3, 0.4) is 0 Å². The van der Waals surface area contributed by atoms with Crippen LogP contribution in [0.5, 0.6) is 5.75 Å². The number of hydrogen-bond acceptors (Lipinski definition) is 6. The molecular weight excluding hydrogens is 426 g/mol. The molecule has 2 N–H and O–H groups in total. The van der Waals surface area contributed by atoms with Gasteiger partial charge in [-0.25, -0.2) is 4.79 Å². The molecule has 8 nitrogen and oxygen atoms in total. The highest BCUT2D eigenvalue weighted by Gasteiger charge is 2.24. The summed E-state index contributed by atoms with van der Waals surface area (Å²) in [4.78, 5) is 24.0. The highest BCUT2D eigenvalue weighted by molar-refractivity contribution is 7.99. The topological polar surface area (TPSA) is 98.1 Å². The van der Waals surface area contributed by atoms with Crippen molar-refractivity contribution in [2.24, 2.45) is 0 Å². The van der Waals surface area contributed by atoms with Crippen molar-refractivity contribution < 1.29 is 14.3 Å². The lowest BCUT2D eigenvalue weighted by Crippen LogP contribution is -2.41. The third-order valence-corrected chi connectivity index (χ3v) is 6.00. The van der Waals surface area contributed by atoms with Gasteiger partial charge in [0, 0.05) is 12.6 Å². The van der Waals surface area contributed by atoms with Crippen LogP contribution in [0.4, 0.5) is 4.79 Å². The number of amides is 3. The summed E-state index contributed by atoms with van der Waals surface area (Å²) in [7, 11) is 1.62. The minimum absolute atomic E-state index is 0.0630. The molecule has 3 amide bonds. The monoisotopic (exact) mass is 451 g/mol. The van der Waals surface area contributed by atoms with E-state index >= 15 is 0 Å². The van der Waals surface area contributed by atoms with E-state index < -0.39 is 6.03 Å². The quantitative estimate of drug-likeness (QED) is 0.485. The van der Waals surface area contributed by atoms with E-state index in [2.05, 4.69) is 33.0 Å². The SMILES string of the molecule is COc1ccccc1-c1nnc(SCC(=O)NC(=O)NC2CC2)n1CCc1ccccc1. The fourth-order valence-electron chi connectivity index (χ4n) is 3.25. The van der Waals surface area contributed by atoms with Crippen LogP contribution in [0, 0.1) is 0 Å². The molecule has 1 fully saturated rings. The third kappa shape index (κ3) is 5.67. The first kappa shape index (κ1) is 21.9. The van der Waals surface area contributed by atoms with Gasteiger partial charge in [-0.15, -0.1) is 10.2 Å². The number of ether oxygens (including phenoxy) is 1. The van der Waals surface area contributed by atoms with Crippen molar-refractivity contribution in [2.45, 2.75) is 37.0 Å². The maximum atomic E-state index is 12.2. The third-order valence-electron chi connectivity index (χ3n) is 5.03. The van der Waals surface area contributed by atoms with E-state index in [4.69, 9.17) is 4.74 Å². The Morgan fingerprint density at radius 3 is 2.59 bits per heavy atom. The molecule has 0 radical (unpaired) electrons. The average molecular weight is 452 g/mol. The van der Waals surface area contributed by atoms with Crippen molar-refractivity contribution in [1.29, 1.82) is 0 Å². The molecule has 1 saturated carbocycles. The molecule has 1 aromatic heterocycles. The first-order valence-electron chi connectivity index (χ1n) is 10.5. The number of carbonyl (C=O) groups is 2. The van der Waals surface area contributed by atoms with Gasteiger partial charge in [0.2, 0.25) is 5.91 Å². The van der Waals surface area contributed by atoms with Crippen LogP contribution in [-0.2, 0) is 17.8 Å². The molecule has 9 heteroatoms. The first-order valence-corrected chi connectivity index (χ1v) is 11.5. The van der Waals surface area contributed by atoms with Gasteiger partial charge in [0.05, 0.1) is 18.4 Å². The number of urea groups is 1. The lowest BCUT2D eigenvalue weighted by Gasteiger charge is -2.12. The number of nitrogens with zero attached hydrogens (tertiary/aromatic N) is 3. The Hall–Kier alpha value is -3.33.